The van der Waals surface area contributed by atoms with Gasteiger partial charge in [-0.2, -0.15) is 0 Å². The van der Waals surface area contributed by atoms with Gasteiger partial charge in [0, 0.05) is 24.5 Å². The van der Waals surface area contributed by atoms with Crippen LogP contribution in [0.4, 0.5) is 21.5 Å². The first kappa shape index (κ1) is 19.8. The van der Waals surface area contributed by atoms with E-state index in [1.165, 1.54) is 6.07 Å². The molecular weight excluding hydrogens is 329 g/mol. The molecule has 0 saturated heterocycles. The highest BCUT2D eigenvalue weighted by atomic mass is 19.1. The first-order valence-corrected chi connectivity index (χ1v) is 8.86. The third-order valence-electron chi connectivity index (χ3n) is 4.52. The average molecular weight is 357 g/mol. The zero-order chi connectivity index (χ0) is 19.4. The molecule has 0 heterocycles. The predicted molar refractivity (Wildman–Crippen MR) is 108 cm³/mol. The van der Waals surface area contributed by atoms with Gasteiger partial charge in [-0.1, -0.05) is 17.7 Å². The van der Waals surface area contributed by atoms with Crippen LogP contribution in [0.15, 0.2) is 36.4 Å². The molecule has 5 heteroatoms. The molecule has 1 amide bonds. The Morgan fingerprint density at radius 3 is 2.35 bits per heavy atom. The van der Waals surface area contributed by atoms with E-state index in [0.717, 1.165) is 16.8 Å². The average Bonchev–Trinajstić information content (AvgIpc) is 2.56. The summed E-state index contributed by atoms with van der Waals surface area (Å²) in [7, 11) is 1.86. The molecule has 2 aromatic carbocycles. The molecule has 2 N–H and O–H groups in total. The summed E-state index contributed by atoms with van der Waals surface area (Å²) in [4.78, 5) is 14.3. The van der Waals surface area contributed by atoms with Crippen LogP contribution in [0.3, 0.4) is 0 Å². The van der Waals surface area contributed by atoms with Gasteiger partial charge < -0.3 is 15.5 Å². The molecule has 140 valence electrons. The topological polar surface area (TPSA) is 44.4 Å². The van der Waals surface area contributed by atoms with Gasteiger partial charge in [0.2, 0.25) is 5.91 Å². The molecule has 2 rings (SSSR count). The van der Waals surface area contributed by atoms with Gasteiger partial charge in [-0.25, -0.2) is 4.39 Å². The molecule has 0 radical (unpaired) electrons. The third kappa shape index (κ3) is 4.75. The first-order chi connectivity index (χ1) is 12.2. The summed E-state index contributed by atoms with van der Waals surface area (Å²) < 4.78 is 14.4. The van der Waals surface area contributed by atoms with Gasteiger partial charge in [-0.05, 0) is 64.4 Å². The maximum atomic E-state index is 14.4. The summed E-state index contributed by atoms with van der Waals surface area (Å²) in [6.45, 7) is 9.73. The number of benzene rings is 2. The van der Waals surface area contributed by atoms with Crippen LogP contribution < -0.4 is 15.5 Å². The van der Waals surface area contributed by atoms with Crippen molar-refractivity contribution < 1.29 is 9.18 Å². The molecule has 1 atom stereocenters. The van der Waals surface area contributed by atoms with Gasteiger partial charge in [-0.15, -0.1) is 0 Å². The molecule has 26 heavy (non-hydrogen) atoms. The molecule has 4 nitrogen and oxygen atoms in total. The summed E-state index contributed by atoms with van der Waals surface area (Å²) in [6, 6.07) is 10.5. The lowest BCUT2D eigenvalue weighted by Gasteiger charge is -2.25. The number of amides is 1. The highest BCUT2D eigenvalue weighted by Crippen LogP contribution is 2.24. The van der Waals surface area contributed by atoms with Crippen LogP contribution in [0, 0.1) is 19.7 Å². The molecule has 0 aromatic heterocycles. The number of nitrogens with one attached hydrogen (secondary N) is 2. The minimum atomic E-state index is -0.496. The fraction of sp³-hybridized carbons (Fsp3) is 0.381. The van der Waals surface area contributed by atoms with Crippen molar-refractivity contribution in [1.82, 2.24) is 0 Å². The van der Waals surface area contributed by atoms with Crippen molar-refractivity contribution >= 4 is 23.0 Å². The van der Waals surface area contributed by atoms with E-state index < -0.39 is 6.04 Å². The zero-order valence-electron chi connectivity index (χ0n) is 16.4. The van der Waals surface area contributed by atoms with Crippen molar-refractivity contribution in [1.29, 1.82) is 0 Å². The van der Waals surface area contributed by atoms with E-state index in [9.17, 15) is 9.18 Å². The summed E-state index contributed by atoms with van der Waals surface area (Å²) in [5.41, 5.74) is 4.06. The first-order valence-electron chi connectivity index (χ1n) is 8.86. The maximum Gasteiger partial charge on any atom is 0.246 e. The highest BCUT2D eigenvalue weighted by molar-refractivity contribution is 5.96. The SMILES string of the molecule is Cc1ccc(NC(=O)[C@H](C)Nc2ccc(N(C)C(C)C)c(F)c2)c(C)c1. The second kappa shape index (κ2) is 8.21. The number of hydrogen-bond donors (Lipinski definition) is 2. The Labute approximate surface area is 155 Å². The number of carbonyl (C=O) groups is 1. The minimum Gasteiger partial charge on any atom is -0.374 e. The van der Waals surface area contributed by atoms with E-state index in [1.54, 1.807) is 19.1 Å². The molecule has 0 spiro atoms. The van der Waals surface area contributed by atoms with Crippen LogP contribution in [0.25, 0.3) is 0 Å². The van der Waals surface area contributed by atoms with Crippen molar-refractivity contribution in [3.05, 3.63) is 53.3 Å². The number of aryl methyl sites for hydroxylation is 2. The van der Waals surface area contributed by atoms with Crippen molar-refractivity contribution in [2.45, 2.75) is 46.7 Å². The van der Waals surface area contributed by atoms with Crippen molar-refractivity contribution in [2.75, 3.05) is 22.6 Å². The van der Waals surface area contributed by atoms with Crippen LogP contribution in [-0.4, -0.2) is 25.0 Å². The summed E-state index contributed by atoms with van der Waals surface area (Å²) in [6.07, 6.45) is 0. The highest BCUT2D eigenvalue weighted by Gasteiger charge is 2.16. The Morgan fingerprint density at radius 1 is 1.08 bits per heavy atom. The Kier molecular flexibility index (Phi) is 6.24. The summed E-state index contributed by atoms with van der Waals surface area (Å²) >= 11 is 0. The molecule has 0 bridgehead atoms. The smallest absolute Gasteiger partial charge is 0.246 e. The summed E-state index contributed by atoms with van der Waals surface area (Å²) in [5.74, 6) is -0.478. The number of halogens is 1. The van der Waals surface area contributed by atoms with Crippen molar-refractivity contribution in [3.63, 3.8) is 0 Å². The Balaban J connectivity index is 2.05. The lowest BCUT2D eigenvalue weighted by molar-refractivity contribution is -0.116. The second-order valence-electron chi connectivity index (χ2n) is 7.04. The standard InChI is InChI=1S/C21H28FN3O/c1-13(2)25(6)20-10-8-17(12-18(20)22)23-16(5)21(26)24-19-9-7-14(3)11-15(19)4/h7-13,16,23H,1-6H3,(H,24,26)/t16-/m0/s1. The Morgan fingerprint density at radius 2 is 1.77 bits per heavy atom. The van der Waals surface area contributed by atoms with Gasteiger partial charge in [0.15, 0.2) is 0 Å². The van der Waals surface area contributed by atoms with Crippen LogP contribution in [-0.2, 0) is 4.79 Å². The molecule has 0 fully saturated rings. The Bertz CT molecular complexity index is 789. The van der Waals surface area contributed by atoms with Gasteiger partial charge in [0.1, 0.15) is 11.9 Å². The van der Waals surface area contributed by atoms with Crippen LogP contribution in [0.2, 0.25) is 0 Å². The van der Waals surface area contributed by atoms with E-state index in [2.05, 4.69) is 10.6 Å². The lowest BCUT2D eigenvalue weighted by Crippen LogP contribution is -2.32. The second-order valence-corrected chi connectivity index (χ2v) is 7.04. The van der Waals surface area contributed by atoms with Gasteiger partial charge in [-0.3, -0.25) is 4.79 Å². The number of hydrogen-bond acceptors (Lipinski definition) is 3. The van der Waals surface area contributed by atoms with Gasteiger partial charge >= 0.3 is 0 Å². The normalized spacial score (nSPS) is 12.0. The third-order valence-corrected chi connectivity index (χ3v) is 4.52. The number of carbonyl (C=O) groups excluding carboxylic acids is 1. The van der Waals surface area contributed by atoms with Crippen LogP contribution in [0.5, 0.6) is 0 Å². The van der Waals surface area contributed by atoms with Crippen molar-refractivity contribution in [3.8, 4) is 0 Å². The van der Waals surface area contributed by atoms with E-state index in [0.29, 0.717) is 11.4 Å². The monoisotopic (exact) mass is 357 g/mol. The zero-order valence-corrected chi connectivity index (χ0v) is 16.4. The molecule has 2 aromatic rings. The Hall–Kier alpha value is -2.56. The van der Waals surface area contributed by atoms with Crippen molar-refractivity contribution in [2.24, 2.45) is 0 Å². The van der Waals surface area contributed by atoms with Crippen LogP contribution >= 0.6 is 0 Å². The molecular formula is C21H28FN3O. The molecule has 0 aliphatic carbocycles. The number of rotatable bonds is 6. The van der Waals surface area contributed by atoms with E-state index >= 15 is 0 Å². The van der Waals surface area contributed by atoms with Gasteiger partial charge in [0.25, 0.3) is 0 Å². The quantitative estimate of drug-likeness (QED) is 0.786. The fourth-order valence-electron chi connectivity index (χ4n) is 2.67. The molecule has 0 unspecified atom stereocenters. The lowest BCUT2D eigenvalue weighted by atomic mass is 10.1. The predicted octanol–water partition coefficient (Wildman–Crippen LogP) is 4.73. The van der Waals surface area contributed by atoms with E-state index in [1.807, 2.05) is 57.8 Å². The van der Waals surface area contributed by atoms with E-state index in [-0.39, 0.29) is 17.8 Å². The molecule has 0 aliphatic heterocycles. The fourth-order valence-corrected chi connectivity index (χ4v) is 2.67. The molecule has 0 saturated carbocycles. The molecule has 0 aliphatic rings. The van der Waals surface area contributed by atoms with Crippen LogP contribution in [0.1, 0.15) is 31.9 Å². The maximum absolute atomic E-state index is 14.4. The largest absolute Gasteiger partial charge is 0.374 e. The minimum absolute atomic E-state index is 0.166. The number of nitrogens with zero attached hydrogens (tertiary/aromatic N) is 1. The van der Waals surface area contributed by atoms with Gasteiger partial charge in [0.05, 0.1) is 5.69 Å². The number of anilines is 3. The van der Waals surface area contributed by atoms with E-state index in [4.69, 9.17) is 0 Å². The summed E-state index contributed by atoms with van der Waals surface area (Å²) in [5, 5.41) is 5.97.